The summed E-state index contributed by atoms with van der Waals surface area (Å²) in [6, 6.07) is 12.8. The van der Waals surface area contributed by atoms with Gasteiger partial charge >= 0.3 is 0 Å². The second-order valence-corrected chi connectivity index (χ2v) is 6.54. The van der Waals surface area contributed by atoms with Crippen molar-refractivity contribution in [2.24, 2.45) is 0 Å². The molecule has 0 unspecified atom stereocenters. The Morgan fingerprint density at radius 1 is 1.04 bits per heavy atom. The Morgan fingerprint density at radius 3 is 2.37 bits per heavy atom. The summed E-state index contributed by atoms with van der Waals surface area (Å²) in [5.74, 6) is -1.01. The number of nitrogens with one attached hydrogen (secondary N) is 1. The predicted octanol–water partition coefficient (Wildman–Crippen LogP) is 4.37. The average molecular weight is 382 g/mol. The Morgan fingerprint density at radius 2 is 1.70 bits per heavy atom. The van der Waals surface area contributed by atoms with Crippen molar-refractivity contribution in [1.82, 2.24) is 4.90 Å². The monoisotopic (exact) mass is 381 g/mol. The van der Waals surface area contributed by atoms with Crippen LogP contribution in [0.2, 0.25) is 5.02 Å². The second kappa shape index (κ2) is 6.07. The Kier molecular flexibility index (Phi) is 3.82. The van der Waals surface area contributed by atoms with E-state index in [-0.39, 0.29) is 16.9 Å². The van der Waals surface area contributed by atoms with Crippen molar-refractivity contribution in [3.05, 3.63) is 74.8 Å². The SMILES string of the molecule is CN1C(=O)c2cccc3c(Nc4ccc(Cl)cc4)c([N+](=O)[O-])cc(c23)C1=O. The third-order valence-electron chi connectivity index (χ3n) is 4.52. The number of amides is 2. The molecule has 27 heavy (non-hydrogen) atoms. The molecule has 0 radical (unpaired) electrons. The first-order valence-electron chi connectivity index (χ1n) is 7.97. The van der Waals surface area contributed by atoms with E-state index in [1.807, 2.05) is 0 Å². The molecule has 7 nitrogen and oxygen atoms in total. The second-order valence-electron chi connectivity index (χ2n) is 6.10. The van der Waals surface area contributed by atoms with Crippen molar-refractivity contribution in [3.63, 3.8) is 0 Å². The predicted molar refractivity (Wildman–Crippen MR) is 102 cm³/mol. The fraction of sp³-hybridized carbons (Fsp3) is 0.0526. The van der Waals surface area contributed by atoms with Gasteiger partial charge in [0.25, 0.3) is 17.5 Å². The van der Waals surface area contributed by atoms with Crippen molar-refractivity contribution < 1.29 is 14.5 Å². The van der Waals surface area contributed by atoms with Gasteiger partial charge in [-0.3, -0.25) is 24.6 Å². The van der Waals surface area contributed by atoms with Gasteiger partial charge in [-0.2, -0.15) is 0 Å². The van der Waals surface area contributed by atoms with Gasteiger partial charge in [-0.15, -0.1) is 0 Å². The summed E-state index contributed by atoms with van der Waals surface area (Å²) in [5.41, 5.74) is 1.03. The van der Waals surface area contributed by atoms with E-state index in [4.69, 9.17) is 11.6 Å². The van der Waals surface area contributed by atoms with Gasteiger partial charge in [0.05, 0.1) is 10.5 Å². The van der Waals surface area contributed by atoms with Gasteiger partial charge in [0.1, 0.15) is 5.69 Å². The van der Waals surface area contributed by atoms with Gasteiger partial charge in [0.15, 0.2) is 0 Å². The van der Waals surface area contributed by atoms with Crippen molar-refractivity contribution >= 4 is 51.2 Å². The molecular weight excluding hydrogens is 370 g/mol. The standard InChI is InChI=1S/C19H12ClN3O4/c1-22-18(24)13-4-2-3-12-16(13)14(19(22)25)9-15(23(26)27)17(12)21-11-7-5-10(20)6-8-11/h2-9,21H,1H3. The summed E-state index contributed by atoms with van der Waals surface area (Å²) in [6.07, 6.45) is 0. The Bertz CT molecular complexity index is 1140. The van der Waals surface area contributed by atoms with Crippen LogP contribution in [0.15, 0.2) is 48.5 Å². The van der Waals surface area contributed by atoms with Crippen LogP contribution in [0.4, 0.5) is 17.1 Å². The molecule has 1 aliphatic rings. The molecule has 0 saturated carbocycles. The van der Waals surface area contributed by atoms with Gasteiger partial charge < -0.3 is 5.32 Å². The van der Waals surface area contributed by atoms with Crippen LogP contribution in [-0.2, 0) is 0 Å². The molecule has 3 aromatic carbocycles. The minimum atomic E-state index is -0.565. The number of benzene rings is 3. The number of imide groups is 1. The topological polar surface area (TPSA) is 92.6 Å². The van der Waals surface area contributed by atoms with E-state index in [2.05, 4.69) is 5.32 Å². The van der Waals surface area contributed by atoms with Crippen LogP contribution in [0.25, 0.3) is 10.8 Å². The van der Waals surface area contributed by atoms with E-state index in [1.165, 1.54) is 13.1 Å². The number of anilines is 2. The number of carbonyl (C=O) groups is 2. The summed E-state index contributed by atoms with van der Waals surface area (Å²) < 4.78 is 0. The number of nitro groups is 1. The van der Waals surface area contributed by atoms with E-state index >= 15 is 0 Å². The third-order valence-corrected chi connectivity index (χ3v) is 4.77. The number of hydrogen-bond acceptors (Lipinski definition) is 5. The summed E-state index contributed by atoms with van der Waals surface area (Å²) in [5, 5.41) is 16.1. The molecule has 8 heteroatoms. The average Bonchev–Trinajstić information content (AvgIpc) is 2.66. The van der Waals surface area contributed by atoms with Crippen LogP contribution in [-0.4, -0.2) is 28.7 Å². The zero-order valence-corrected chi connectivity index (χ0v) is 14.8. The number of rotatable bonds is 3. The lowest BCUT2D eigenvalue weighted by molar-refractivity contribution is -0.383. The molecule has 3 aromatic rings. The largest absolute Gasteiger partial charge is 0.349 e. The summed E-state index contributed by atoms with van der Waals surface area (Å²) in [7, 11) is 1.36. The molecule has 0 spiro atoms. The quantitative estimate of drug-likeness (QED) is 0.413. The molecule has 1 heterocycles. The summed E-state index contributed by atoms with van der Waals surface area (Å²) in [6.45, 7) is 0. The Hall–Kier alpha value is -3.45. The van der Waals surface area contributed by atoms with Gasteiger partial charge in [0.2, 0.25) is 0 Å². The lowest BCUT2D eigenvalue weighted by atomic mass is 9.92. The molecule has 1 aliphatic heterocycles. The van der Waals surface area contributed by atoms with Gasteiger partial charge in [0, 0.05) is 40.2 Å². The zero-order valence-electron chi connectivity index (χ0n) is 14.0. The van der Waals surface area contributed by atoms with Crippen LogP contribution in [0.5, 0.6) is 0 Å². The highest BCUT2D eigenvalue weighted by atomic mass is 35.5. The number of nitro benzene ring substituents is 1. The lowest BCUT2D eigenvalue weighted by Crippen LogP contribution is -2.37. The highest BCUT2D eigenvalue weighted by Crippen LogP contribution is 2.41. The molecule has 0 aliphatic carbocycles. The smallest absolute Gasteiger partial charge is 0.294 e. The maximum absolute atomic E-state index is 12.5. The van der Waals surface area contributed by atoms with E-state index in [9.17, 15) is 19.7 Å². The minimum Gasteiger partial charge on any atom is -0.349 e. The maximum atomic E-state index is 12.5. The summed E-state index contributed by atoms with van der Waals surface area (Å²) >= 11 is 5.89. The highest BCUT2D eigenvalue weighted by Gasteiger charge is 2.34. The van der Waals surface area contributed by atoms with E-state index in [1.54, 1.807) is 42.5 Å². The van der Waals surface area contributed by atoms with Crippen molar-refractivity contribution in [1.29, 1.82) is 0 Å². The molecule has 4 rings (SSSR count). The van der Waals surface area contributed by atoms with Crippen molar-refractivity contribution in [2.75, 3.05) is 12.4 Å². The fourth-order valence-corrected chi connectivity index (χ4v) is 3.35. The first kappa shape index (κ1) is 17.0. The van der Waals surface area contributed by atoms with Crippen LogP contribution in [0, 0.1) is 10.1 Å². The lowest BCUT2D eigenvalue weighted by Gasteiger charge is -2.24. The Labute approximate surface area is 158 Å². The molecule has 134 valence electrons. The summed E-state index contributed by atoms with van der Waals surface area (Å²) in [4.78, 5) is 37.1. The normalized spacial score (nSPS) is 13.2. The Balaban J connectivity index is 2.03. The van der Waals surface area contributed by atoms with Crippen LogP contribution >= 0.6 is 11.6 Å². The van der Waals surface area contributed by atoms with Gasteiger partial charge in [-0.05, 0) is 30.3 Å². The number of carbonyl (C=O) groups excluding carboxylic acids is 2. The first-order chi connectivity index (χ1) is 12.9. The van der Waals surface area contributed by atoms with Crippen LogP contribution in [0.1, 0.15) is 20.7 Å². The molecule has 0 aromatic heterocycles. The minimum absolute atomic E-state index is 0.135. The van der Waals surface area contributed by atoms with Gasteiger partial charge in [-0.1, -0.05) is 23.7 Å². The van der Waals surface area contributed by atoms with E-state index in [0.29, 0.717) is 27.0 Å². The molecule has 1 N–H and O–H groups in total. The molecule has 2 amide bonds. The highest BCUT2D eigenvalue weighted by molar-refractivity contribution is 6.30. The number of halogens is 1. The maximum Gasteiger partial charge on any atom is 0.294 e. The molecular formula is C19H12ClN3O4. The van der Waals surface area contributed by atoms with E-state index in [0.717, 1.165) is 4.90 Å². The van der Waals surface area contributed by atoms with Gasteiger partial charge in [-0.25, -0.2) is 0 Å². The van der Waals surface area contributed by atoms with Crippen LogP contribution < -0.4 is 5.32 Å². The third kappa shape index (κ3) is 2.60. The van der Waals surface area contributed by atoms with E-state index < -0.39 is 16.7 Å². The zero-order chi connectivity index (χ0) is 19.3. The fourth-order valence-electron chi connectivity index (χ4n) is 3.22. The molecule has 0 saturated heterocycles. The number of nitrogens with zero attached hydrogens (tertiary/aromatic N) is 2. The molecule has 0 fully saturated rings. The van der Waals surface area contributed by atoms with Crippen molar-refractivity contribution in [3.8, 4) is 0 Å². The molecule has 0 bridgehead atoms. The number of hydrogen-bond donors (Lipinski definition) is 1. The first-order valence-corrected chi connectivity index (χ1v) is 8.35. The van der Waals surface area contributed by atoms with Crippen LogP contribution in [0.3, 0.4) is 0 Å². The molecule has 0 atom stereocenters. The van der Waals surface area contributed by atoms with Crippen molar-refractivity contribution in [2.45, 2.75) is 0 Å².